The predicted octanol–water partition coefficient (Wildman–Crippen LogP) is 3.15. The van der Waals surface area contributed by atoms with Crippen LogP contribution < -0.4 is 4.74 Å². The van der Waals surface area contributed by atoms with Gasteiger partial charge in [0, 0.05) is 5.56 Å². The molecule has 4 heteroatoms. The molecular weight excluding hydrogens is 243 g/mol. The lowest BCUT2D eigenvalue weighted by molar-refractivity contribution is 0.299. The molecule has 0 N–H and O–H groups in total. The van der Waals surface area contributed by atoms with Crippen LogP contribution in [0, 0.1) is 28.5 Å². The summed E-state index contributed by atoms with van der Waals surface area (Å²) in [6.07, 6.45) is 0. The summed E-state index contributed by atoms with van der Waals surface area (Å²) < 4.78 is 19.2. The van der Waals surface area contributed by atoms with E-state index in [9.17, 15) is 4.39 Å². The first-order valence-corrected chi connectivity index (χ1v) is 5.55. The van der Waals surface area contributed by atoms with Gasteiger partial charge in [-0.25, -0.2) is 4.39 Å². The van der Waals surface area contributed by atoms with E-state index in [4.69, 9.17) is 15.3 Å². The average molecular weight is 252 g/mol. The quantitative estimate of drug-likeness (QED) is 0.843. The summed E-state index contributed by atoms with van der Waals surface area (Å²) >= 11 is 0. The van der Waals surface area contributed by atoms with E-state index in [-0.39, 0.29) is 12.2 Å². The second-order valence-electron chi connectivity index (χ2n) is 3.82. The minimum atomic E-state index is -0.568. The normalized spacial score (nSPS) is 9.42. The van der Waals surface area contributed by atoms with Crippen LogP contribution in [0.1, 0.15) is 16.7 Å². The molecular formula is C15H9FN2O. The Morgan fingerprint density at radius 1 is 1.05 bits per heavy atom. The van der Waals surface area contributed by atoms with Crippen LogP contribution in [0.2, 0.25) is 0 Å². The van der Waals surface area contributed by atoms with Crippen molar-refractivity contribution in [1.82, 2.24) is 0 Å². The SMILES string of the molecule is N#Cc1cccc(OCc2cccc(C#N)c2F)c1. The fourth-order valence-electron chi connectivity index (χ4n) is 1.59. The first-order valence-electron chi connectivity index (χ1n) is 5.55. The number of benzene rings is 2. The van der Waals surface area contributed by atoms with E-state index in [1.165, 1.54) is 6.07 Å². The maximum absolute atomic E-state index is 13.8. The summed E-state index contributed by atoms with van der Waals surface area (Å²) in [6, 6.07) is 15.0. The molecule has 0 saturated heterocycles. The summed E-state index contributed by atoms with van der Waals surface area (Å²) in [5, 5.41) is 17.5. The fraction of sp³-hybridized carbons (Fsp3) is 0.0667. The van der Waals surface area contributed by atoms with Gasteiger partial charge < -0.3 is 4.74 Å². The first kappa shape index (κ1) is 12.6. The zero-order chi connectivity index (χ0) is 13.7. The zero-order valence-corrected chi connectivity index (χ0v) is 9.93. The first-order chi connectivity index (χ1) is 9.24. The van der Waals surface area contributed by atoms with Crippen molar-refractivity contribution in [3.8, 4) is 17.9 Å². The Bertz CT molecular complexity index is 683. The standard InChI is InChI=1S/C15H9FN2O/c16-15-12(9-18)4-2-5-13(15)10-19-14-6-1-3-11(7-14)8-17/h1-7H,10H2. The number of rotatable bonds is 3. The number of hydrogen-bond acceptors (Lipinski definition) is 3. The van der Waals surface area contributed by atoms with Crippen LogP contribution in [-0.2, 0) is 6.61 Å². The van der Waals surface area contributed by atoms with Gasteiger partial charge in [0.2, 0.25) is 0 Å². The summed E-state index contributed by atoms with van der Waals surface area (Å²) in [4.78, 5) is 0. The van der Waals surface area contributed by atoms with E-state index in [1.807, 2.05) is 6.07 Å². The number of ether oxygens (including phenoxy) is 1. The van der Waals surface area contributed by atoms with Crippen molar-refractivity contribution in [3.05, 3.63) is 65.0 Å². The molecule has 0 aliphatic rings. The van der Waals surface area contributed by atoms with E-state index in [1.54, 1.807) is 42.5 Å². The highest BCUT2D eigenvalue weighted by Gasteiger charge is 2.08. The molecule has 0 radical (unpaired) electrons. The molecule has 92 valence electrons. The van der Waals surface area contributed by atoms with Crippen molar-refractivity contribution < 1.29 is 9.13 Å². The van der Waals surface area contributed by atoms with Crippen LogP contribution in [0.4, 0.5) is 4.39 Å². The van der Waals surface area contributed by atoms with Crippen LogP contribution >= 0.6 is 0 Å². The van der Waals surface area contributed by atoms with Gasteiger partial charge in [-0.05, 0) is 24.3 Å². The van der Waals surface area contributed by atoms with Crippen molar-refractivity contribution in [1.29, 1.82) is 10.5 Å². The van der Waals surface area contributed by atoms with E-state index in [0.29, 0.717) is 16.9 Å². The third kappa shape index (κ3) is 2.88. The van der Waals surface area contributed by atoms with E-state index in [0.717, 1.165) is 0 Å². The number of nitrogens with zero attached hydrogens (tertiary/aromatic N) is 2. The van der Waals surface area contributed by atoms with Gasteiger partial charge in [0.25, 0.3) is 0 Å². The average Bonchev–Trinajstić information content (AvgIpc) is 2.46. The minimum Gasteiger partial charge on any atom is -0.489 e. The second-order valence-corrected chi connectivity index (χ2v) is 3.82. The van der Waals surface area contributed by atoms with E-state index < -0.39 is 5.82 Å². The van der Waals surface area contributed by atoms with Crippen LogP contribution in [0.5, 0.6) is 5.75 Å². The summed E-state index contributed by atoms with van der Waals surface area (Å²) in [7, 11) is 0. The molecule has 0 fully saturated rings. The summed E-state index contributed by atoms with van der Waals surface area (Å²) in [5.41, 5.74) is 0.775. The monoisotopic (exact) mass is 252 g/mol. The van der Waals surface area contributed by atoms with Gasteiger partial charge in [0.05, 0.1) is 17.2 Å². The van der Waals surface area contributed by atoms with Crippen molar-refractivity contribution in [3.63, 3.8) is 0 Å². The molecule has 3 nitrogen and oxygen atoms in total. The predicted molar refractivity (Wildman–Crippen MR) is 66.6 cm³/mol. The lowest BCUT2D eigenvalue weighted by Gasteiger charge is -2.07. The minimum absolute atomic E-state index is 0.00752. The maximum Gasteiger partial charge on any atom is 0.147 e. The maximum atomic E-state index is 13.8. The van der Waals surface area contributed by atoms with Crippen molar-refractivity contribution in [2.24, 2.45) is 0 Å². The molecule has 0 aliphatic carbocycles. The van der Waals surface area contributed by atoms with Crippen LogP contribution in [-0.4, -0.2) is 0 Å². The molecule has 0 bridgehead atoms. The molecule has 0 atom stereocenters. The molecule has 0 aromatic heterocycles. The highest BCUT2D eigenvalue weighted by Crippen LogP contribution is 2.17. The Balaban J connectivity index is 2.15. The van der Waals surface area contributed by atoms with Crippen LogP contribution in [0.25, 0.3) is 0 Å². The third-order valence-electron chi connectivity index (χ3n) is 2.56. The van der Waals surface area contributed by atoms with Crippen LogP contribution in [0.3, 0.4) is 0 Å². The number of hydrogen-bond donors (Lipinski definition) is 0. The summed E-state index contributed by atoms with van der Waals surface area (Å²) in [5.74, 6) is -0.0813. The molecule has 2 rings (SSSR count). The molecule has 0 spiro atoms. The number of nitriles is 2. The van der Waals surface area contributed by atoms with Gasteiger partial charge >= 0.3 is 0 Å². The van der Waals surface area contributed by atoms with E-state index >= 15 is 0 Å². The molecule has 0 aliphatic heterocycles. The third-order valence-corrected chi connectivity index (χ3v) is 2.56. The molecule has 2 aromatic carbocycles. The van der Waals surface area contributed by atoms with Gasteiger partial charge in [-0.15, -0.1) is 0 Å². The summed E-state index contributed by atoms with van der Waals surface area (Å²) in [6.45, 7) is 0.0102. The van der Waals surface area contributed by atoms with Gasteiger partial charge in [0.1, 0.15) is 24.2 Å². The van der Waals surface area contributed by atoms with Crippen molar-refractivity contribution >= 4 is 0 Å². The lowest BCUT2D eigenvalue weighted by atomic mass is 10.1. The van der Waals surface area contributed by atoms with Gasteiger partial charge in [-0.2, -0.15) is 10.5 Å². The van der Waals surface area contributed by atoms with Crippen molar-refractivity contribution in [2.75, 3.05) is 0 Å². The van der Waals surface area contributed by atoms with Crippen LogP contribution in [0.15, 0.2) is 42.5 Å². The van der Waals surface area contributed by atoms with Gasteiger partial charge in [-0.1, -0.05) is 18.2 Å². The Morgan fingerprint density at radius 3 is 2.58 bits per heavy atom. The molecule has 0 unspecified atom stereocenters. The lowest BCUT2D eigenvalue weighted by Crippen LogP contribution is -2.00. The highest BCUT2D eigenvalue weighted by atomic mass is 19.1. The molecule has 0 saturated carbocycles. The van der Waals surface area contributed by atoms with Crippen molar-refractivity contribution in [2.45, 2.75) is 6.61 Å². The Hall–Kier alpha value is -2.85. The fourth-order valence-corrected chi connectivity index (χ4v) is 1.59. The zero-order valence-electron chi connectivity index (χ0n) is 9.93. The molecule has 19 heavy (non-hydrogen) atoms. The number of halogens is 1. The molecule has 0 amide bonds. The van der Waals surface area contributed by atoms with Gasteiger partial charge in [0.15, 0.2) is 0 Å². The second kappa shape index (κ2) is 5.66. The van der Waals surface area contributed by atoms with Gasteiger partial charge in [-0.3, -0.25) is 0 Å². The smallest absolute Gasteiger partial charge is 0.147 e. The Morgan fingerprint density at radius 2 is 1.84 bits per heavy atom. The topological polar surface area (TPSA) is 56.8 Å². The molecule has 2 aromatic rings. The van der Waals surface area contributed by atoms with E-state index in [2.05, 4.69) is 0 Å². The highest BCUT2D eigenvalue weighted by molar-refractivity contribution is 5.37. The Kier molecular flexibility index (Phi) is 3.75. The Labute approximate surface area is 110 Å². The molecule has 0 heterocycles. The largest absolute Gasteiger partial charge is 0.489 e.